The highest BCUT2D eigenvalue weighted by atomic mass is 32.2. The largest absolute Gasteiger partial charge is 0.433 e. The second-order valence-electron chi connectivity index (χ2n) is 2.74. The number of halogens is 3. The van der Waals surface area contributed by atoms with E-state index < -0.39 is 17.4 Å². The van der Waals surface area contributed by atoms with Crippen LogP contribution in [0.15, 0.2) is 16.0 Å². The summed E-state index contributed by atoms with van der Waals surface area (Å²) in [6.07, 6.45) is -2.76. The van der Waals surface area contributed by atoms with Crippen molar-refractivity contribution in [3.05, 3.63) is 22.1 Å². The Bertz CT molecular complexity index is 456. The zero-order valence-electron chi connectivity index (χ0n) is 8.11. The van der Waals surface area contributed by atoms with Gasteiger partial charge < -0.3 is 4.79 Å². The van der Waals surface area contributed by atoms with Crippen LogP contribution in [0.5, 0.6) is 0 Å². The van der Waals surface area contributed by atoms with Crippen LogP contribution in [0, 0.1) is 0 Å². The van der Waals surface area contributed by atoms with Gasteiger partial charge in [-0.15, -0.1) is 0 Å². The molecule has 1 aromatic rings. The normalized spacial score (nSPS) is 11.5. The molecule has 0 saturated carbocycles. The maximum Gasteiger partial charge on any atom is 0.433 e. The fourth-order valence-electron chi connectivity index (χ4n) is 1.03. The molecule has 1 aromatic heterocycles. The standard InChI is InChI=1S/C8H7F3N2O2S/c1-16-7-12-5(8(9,10)11)4-6(15)13(7)2-3-14/h3-4H,2H2,1H3. The number of carbonyl (C=O) groups excluding carboxylic acids is 1. The molecule has 0 unspecified atom stereocenters. The van der Waals surface area contributed by atoms with Gasteiger partial charge in [-0.25, -0.2) is 4.98 Å². The molecule has 4 nitrogen and oxygen atoms in total. The third kappa shape index (κ3) is 2.63. The van der Waals surface area contributed by atoms with Gasteiger partial charge in [-0.05, 0) is 6.26 Å². The molecule has 1 heterocycles. The van der Waals surface area contributed by atoms with Crippen LogP contribution < -0.4 is 5.56 Å². The Labute approximate surface area is 92.5 Å². The molecule has 0 radical (unpaired) electrons. The van der Waals surface area contributed by atoms with Crippen molar-refractivity contribution in [2.75, 3.05) is 6.26 Å². The molecule has 0 amide bonds. The first-order chi connectivity index (χ1) is 7.40. The first-order valence-electron chi connectivity index (χ1n) is 4.07. The van der Waals surface area contributed by atoms with Crippen molar-refractivity contribution < 1.29 is 18.0 Å². The van der Waals surface area contributed by atoms with Gasteiger partial charge in [0.1, 0.15) is 6.29 Å². The zero-order chi connectivity index (χ0) is 12.3. The summed E-state index contributed by atoms with van der Waals surface area (Å²) < 4.78 is 37.8. The summed E-state index contributed by atoms with van der Waals surface area (Å²) in [5.74, 6) is 0. The highest BCUT2D eigenvalue weighted by molar-refractivity contribution is 7.98. The summed E-state index contributed by atoms with van der Waals surface area (Å²) in [5, 5.41) is -0.132. The Morgan fingerprint density at radius 1 is 1.56 bits per heavy atom. The van der Waals surface area contributed by atoms with E-state index in [2.05, 4.69) is 4.98 Å². The highest BCUT2D eigenvalue weighted by Gasteiger charge is 2.34. The smallest absolute Gasteiger partial charge is 0.301 e. The summed E-state index contributed by atoms with van der Waals surface area (Å²) in [6.45, 7) is -0.305. The summed E-state index contributed by atoms with van der Waals surface area (Å²) in [5.41, 5.74) is -2.14. The number of alkyl halides is 3. The van der Waals surface area contributed by atoms with Crippen LogP contribution >= 0.6 is 11.8 Å². The van der Waals surface area contributed by atoms with E-state index in [9.17, 15) is 22.8 Å². The molecular formula is C8H7F3N2O2S. The number of nitrogens with zero attached hydrogens (tertiary/aromatic N) is 2. The zero-order valence-corrected chi connectivity index (χ0v) is 8.93. The van der Waals surface area contributed by atoms with E-state index in [0.29, 0.717) is 12.4 Å². The van der Waals surface area contributed by atoms with Gasteiger partial charge in [0.05, 0.1) is 6.54 Å². The average Bonchev–Trinajstić information content (AvgIpc) is 2.19. The molecule has 0 bridgehead atoms. The summed E-state index contributed by atoms with van der Waals surface area (Å²) >= 11 is 0.873. The summed E-state index contributed by atoms with van der Waals surface area (Å²) in [6, 6.07) is 0.378. The van der Waals surface area contributed by atoms with Crippen molar-refractivity contribution in [2.24, 2.45) is 0 Å². The molecular weight excluding hydrogens is 245 g/mol. The fraction of sp³-hybridized carbons (Fsp3) is 0.375. The van der Waals surface area contributed by atoms with Crippen molar-refractivity contribution in [1.82, 2.24) is 9.55 Å². The lowest BCUT2D eigenvalue weighted by Crippen LogP contribution is -2.26. The second-order valence-corrected chi connectivity index (χ2v) is 3.51. The summed E-state index contributed by atoms with van der Waals surface area (Å²) in [4.78, 5) is 24.8. The second kappa shape index (κ2) is 4.69. The van der Waals surface area contributed by atoms with Crippen molar-refractivity contribution >= 4 is 18.0 Å². The van der Waals surface area contributed by atoms with Crippen molar-refractivity contribution in [3.8, 4) is 0 Å². The molecule has 0 aromatic carbocycles. The van der Waals surface area contributed by atoms with Gasteiger partial charge in [-0.3, -0.25) is 9.36 Å². The lowest BCUT2D eigenvalue weighted by atomic mass is 10.4. The molecule has 0 spiro atoms. The number of thioether (sulfide) groups is 1. The average molecular weight is 252 g/mol. The van der Waals surface area contributed by atoms with Gasteiger partial charge in [0.2, 0.25) is 0 Å². The van der Waals surface area contributed by atoms with E-state index in [-0.39, 0.29) is 11.7 Å². The number of rotatable bonds is 3. The van der Waals surface area contributed by atoms with E-state index in [1.54, 1.807) is 0 Å². The molecule has 0 fully saturated rings. The van der Waals surface area contributed by atoms with Crippen LogP contribution in [0.3, 0.4) is 0 Å². The minimum atomic E-state index is -4.66. The van der Waals surface area contributed by atoms with Gasteiger partial charge >= 0.3 is 6.18 Å². The quantitative estimate of drug-likeness (QED) is 0.460. The number of hydrogen-bond donors (Lipinski definition) is 0. The lowest BCUT2D eigenvalue weighted by Gasteiger charge is -2.10. The molecule has 8 heteroatoms. The minimum absolute atomic E-state index is 0.132. The Balaban J connectivity index is 3.38. The Morgan fingerprint density at radius 2 is 2.19 bits per heavy atom. The number of aromatic nitrogens is 2. The van der Waals surface area contributed by atoms with E-state index in [0.717, 1.165) is 16.3 Å². The molecule has 1 rings (SSSR count). The molecule has 0 aliphatic carbocycles. The lowest BCUT2D eigenvalue weighted by molar-refractivity contribution is -0.141. The molecule has 0 N–H and O–H groups in total. The van der Waals surface area contributed by atoms with Crippen LogP contribution in [-0.4, -0.2) is 22.1 Å². The van der Waals surface area contributed by atoms with Crippen molar-refractivity contribution in [3.63, 3.8) is 0 Å². The van der Waals surface area contributed by atoms with Gasteiger partial charge in [-0.1, -0.05) is 11.8 Å². The number of carbonyl (C=O) groups is 1. The topological polar surface area (TPSA) is 52.0 Å². The predicted octanol–water partition coefficient (Wildman–Crippen LogP) is 1.18. The van der Waals surface area contributed by atoms with Crippen LogP contribution in [0.4, 0.5) is 13.2 Å². The van der Waals surface area contributed by atoms with Gasteiger partial charge in [0.15, 0.2) is 10.9 Å². The van der Waals surface area contributed by atoms with E-state index in [1.165, 1.54) is 6.26 Å². The molecule has 0 aliphatic rings. The van der Waals surface area contributed by atoms with Gasteiger partial charge in [0, 0.05) is 6.07 Å². The first-order valence-corrected chi connectivity index (χ1v) is 5.29. The van der Waals surface area contributed by atoms with E-state index in [4.69, 9.17) is 0 Å². The van der Waals surface area contributed by atoms with Crippen LogP contribution in [0.25, 0.3) is 0 Å². The van der Waals surface area contributed by atoms with Crippen LogP contribution in [-0.2, 0) is 17.5 Å². The first kappa shape index (κ1) is 12.8. The molecule has 88 valence electrons. The molecule has 0 saturated heterocycles. The maximum atomic E-state index is 12.3. The minimum Gasteiger partial charge on any atom is -0.301 e. The Kier molecular flexibility index (Phi) is 3.74. The molecule has 0 atom stereocenters. The molecule has 16 heavy (non-hydrogen) atoms. The highest BCUT2D eigenvalue weighted by Crippen LogP contribution is 2.27. The van der Waals surface area contributed by atoms with E-state index in [1.807, 2.05) is 0 Å². The Hall–Kier alpha value is -1.31. The van der Waals surface area contributed by atoms with Crippen molar-refractivity contribution in [1.29, 1.82) is 0 Å². The maximum absolute atomic E-state index is 12.3. The Morgan fingerprint density at radius 3 is 2.62 bits per heavy atom. The van der Waals surface area contributed by atoms with E-state index >= 15 is 0 Å². The van der Waals surface area contributed by atoms with Gasteiger partial charge in [-0.2, -0.15) is 13.2 Å². The predicted molar refractivity (Wildman–Crippen MR) is 51.3 cm³/mol. The monoisotopic (exact) mass is 252 g/mol. The van der Waals surface area contributed by atoms with Gasteiger partial charge in [0.25, 0.3) is 5.56 Å². The summed E-state index contributed by atoms with van der Waals surface area (Å²) in [7, 11) is 0. The van der Waals surface area contributed by atoms with Crippen LogP contribution in [0.2, 0.25) is 0 Å². The number of aldehydes is 1. The van der Waals surface area contributed by atoms with Crippen LogP contribution in [0.1, 0.15) is 5.69 Å². The molecule has 0 aliphatic heterocycles. The van der Waals surface area contributed by atoms with Crippen molar-refractivity contribution in [2.45, 2.75) is 17.9 Å². The third-order valence-electron chi connectivity index (χ3n) is 1.70. The fourth-order valence-corrected chi connectivity index (χ4v) is 1.60. The SMILES string of the molecule is CSc1nc(C(F)(F)F)cc(=O)n1CC=O. The third-order valence-corrected chi connectivity index (χ3v) is 2.38. The number of hydrogen-bond acceptors (Lipinski definition) is 4.